The van der Waals surface area contributed by atoms with Gasteiger partial charge in [-0.2, -0.15) is 4.89 Å². The molecule has 2 rings (SSSR count). The summed E-state index contributed by atoms with van der Waals surface area (Å²) in [4.78, 5) is 9.22. The molecule has 9 heteroatoms. The molecule has 0 radical (unpaired) electrons. The van der Waals surface area contributed by atoms with Gasteiger partial charge in [0.05, 0.1) is 7.11 Å². The summed E-state index contributed by atoms with van der Waals surface area (Å²) < 4.78 is 43.4. The normalized spacial score (nSPS) is 12.3. The van der Waals surface area contributed by atoms with Gasteiger partial charge in [0.25, 0.3) is 5.30 Å². The molecule has 0 fully saturated rings. The van der Waals surface area contributed by atoms with Crippen LogP contribution in [0.2, 0.25) is 0 Å². The van der Waals surface area contributed by atoms with Crippen molar-refractivity contribution in [3.63, 3.8) is 0 Å². The lowest BCUT2D eigenvalue weighted by atomic mass is 10.1. The second-order valence-corrected chi connectivity index (χ2v) is 7.71. The molecule has 0 aromatic heterocycles. The fraction of sp³-hybridized carbons (Fsp3) is 0.294. The summed E-state index contributed by atoms with van der Waals surface area (Å²) in [6.07, 6.45) is 0.575. The van der Waals surface area contributed by atoms with Gasteiger partial charge in [-0.3, -0.25) is 0 Å². The van der Waals surface area contributed by atoms with E-state index in [1.54, 1.807) is 12.1 Å². The van der Waals surface area contributed by atoms with Crippen molar-refractivity contribution in [3.05, 3.63) is 53.6 Å². The molecule has 0 aliphatic rings. The fourth-order valence-electron chi connectivity index (χ4n) is 2.35. The summed E-state index contributed by atoms with van der Waals surface area (Å²) in [5.74, 6) is -0.568. The van der Waals surface area contributed by atoms with E-state index in [1.807, 2.05) is 24.3 Å². The highest BCUT2D eigenvalue weighted by Crippen LogP contribution is 2.26. The first-order chi connectivity index (χ1) is 12.4. The molecule has 2 unspecified atom stereocenters. The van der Waals surface area contributed by atoms with Gasteiger partial charge in [-0.25, -0.2) is 9.13 Å². The van der Waals surface area contributed by atoms with Crippen LogP contribution in [0.3, 0.4) is 0 Å². The third-order valence-electron chi connectivity index (χ3n) is 3.69. The third-order valence-corrected chi connectivity index (χ3v) is 5.22. The number of methoxy groups -OCH3 is 1. The first kappa shape index (κ1) is 20.3. The average Bonchev–Trinajstić information content (AvgIpc) is 2.64. The number of rotatable bonds is 9. The largest absolute Gasteiger partial charge is 0.550 e. The van der Waals surface area contributed by atoms with E-state index in [-0.39, 0.29) is 24.1 Å². The van der Waals surface area contributed by atoms with Crippen molar-refractivity contribution in [1.29, 1.82) is 0 Å². The van der Waals surface area contributed by atoms with Gasteiger partial charge in [-0.1, -0.05) is 24.3 Å². The van der Waals surface area contributed by atoms with Crippen LogP contribution in [0.15, 0.2) is 42.5 Å². The average molecular weight is 397 g/mol. The Morgan fingerprint density at radius 3 is 2.54 bits per heavy atom. The van der Waals surface area contributed by atoms with E-state index in [4.69, 9.17) is 9.47 Å². The van der Waals surface area contributed by atoms with Crippen molar-refractivity contribution in [1.82, 2.24) is 0 Å². The molecule has 138 valence electrons. The Balaban J connectivity index is 2.01. The smallest absolute Gasteiger partial charge is 0.492 e. The number of benzene rings is 2. The van der Waals surface area contributed by atoms with E-state index < -0.39 is 21.6 Å². The third kappa shape index (κ3) is 5.75. The maximum absolute atomic E-state index is 11.2. The lowest BCUT2D eigenvalue weighted by Gasteiger charge is -2.09. The standard InChI is InChI=1S/C17H18O7P2/c1-23-15-10-14(6-7-16(15)25(19)20)24-11-13-4-2-3-12(9-13)5-8-17(18)26(21)22/h2-4,6-7,9-10,17-18H,5,8,11H2,1H3/p+1. The van der Waals surface area contributed by atoms with Crippen molar-refractivity contribution in [2.45, 2.75) is 25.3 Å². The molecule has 0 heterocycles. The highest BCUT2D eigenvalue weighted by atomic mass is 31.1. The fourth-order valence-corrected chi connectivity index (χ4v) is 3.23. The predicted octanol–water partition coefficient (Wildman–Crippen LogP) is 3.06. The van der Waals surface area contributed by atoms with Crippen LogP contribution in [-0.2, 0) is 26.7 Å². The number of hydrogen-bond acceptors (Lipinski definition) is 6. The highest BCUT2D eigenvalue weighted by molar-refractivity contribution is 7.47. The topological polar surface area (TPSA) is 110 Å². The van der Waals surface area contributed by atoms with Crippen molar-refractivity contribution in [3.8, 4) is 11.5 Å². The lowest BCUT2D eigenvalue weighted by molar-refractivity contribution is 0.235. The van der Waals surface area contributed by atoms with Crippen molar-refractivity contribution >= 4 is 21.0 Å². The Bertz CT molecular complexity index is 841. The molecule has 2 N–H and O–H groups in total. The van der Waals surface area contributed by atoms with E-state index >= 15 is 0 Å². The monoisotopic (exact) mass is 397 g/mol. The van der Waals surface area contributed by atoms with Gasteiger partial charge < -0.3 is 14.6 Å². The Morgan fingerprint density at radius 1 is 1.15 bits per heavy atom. The van der Waals surface area contributed by atoms with Crippen LogP contribution in [0.4, 0.5) is 0 Å². The quantitative estimate of drug-likeness (QED) is 0.626. The van der Waals surface area contributed by atoms with E-state index in [2.05, 4.69) is 0 Å². The zero-order valence-electron chi connectivity index (χ0n) is 14.1. The summed E-state index contributed by atoms with van der Waals surface area (Å²) in [5, 5.41) is 9.55. The van der Waals surface area contributed by atoms with Crippen LogP contribution in [0.25, 0.3) is 0 Å². The minimum absolute atomic E-state index is 0.140. The molecule has 0 aliphatic carbocycles. The Morgan fingerprint density at radius 2 is 1.88 bits per heavy atom. The van der Waals surface area contributed by atoms with Gasteiger partial charge in [-0.05, 0) is 34.6 Å². The molecule has 2 aromatic carbocycles. The van der Waals surface area contributed by atoms with Crippen LogP contribution in [0.5, 0.6) is 11.5 Å². The molecular weight excluding hydrogens is 378 g/mol. The number of ether oxygens (including phenoxy) is 2. The van der Waals surface area contributed by atoms with Crippen molar-refractivity contribution < 1.29 is 33.2 Å². The second-order valence-electron chi connectivity index (χ2n) is 5.52. The molecule has 0 aliphatic heterocycles. The van der Waals surface area contributed by atoms with Crippen LogP contribution < -0.4 is 14.8 Å². The van der Waals surface area contributed by atoms with Gasteiger partial charge in [0.15, 0.2) is 11.6 Å². The molecule has 0 spiro atoms. The summed E-state index contributed by atoms with van der Waals surface area (Å²) in [5.41, 5.74) is 1.77. The minimum Gasteiger partial charge on any atom is -0.492 e. The Hall–Kier alpha value is -2.04. The minimum atomic E-state index is -2.83. The number of aliphatic hydroxyl groups excluding tert-OH is 1. The second kappa shape index (κ2) is 9.60. The predicted molar refractivity (Wildman–Crippen MR) is 95.8 cm³/mol. The van der Waals surface area contributed by atoms with Gasteiger partial charge in [0.2, 0.25) is 0 Å². The molecule has 0 bridgehead atoms. The van der Waals surface area contributed by atoms with Crippen LogP contribution in [-0.4, -0.2) is 23.0 Å². The van der Waals surface area contributed by atoms with E-state index in [1.165, 1.54) is 13.2 Å². The number of hydrogen-bond donors (Lipinski definition) is 2. The molecule has 0 amide bonds. The van der Waals surface area contributed by atoms with E-state index in [0.717, 1.165) is 11.1 Å². The van der Waals surface area contributed by atoms with Gasteiger partial charge in [0.1, 0.15) is 12.4 Å². The zero-order valence-corrected chi connectivity index (χ0v) is 15.9. The van der Waals surface area contributed by atoms with E-state index in [0.29, 0.717) is 12.2 Å². The maximum atomic E-state index is 11.2. The Kier molecular flexibility index (Phi) is 7.49. The van der Waals surface area contributed by atoms with Crippen LogP contribution in [0.1, 0.15) is 17.5 Å². The molecule has 2 aromatic rings. The lowest BCUT2D eigenvalue weighted by Crippen LogP contribution is -2.04. The maximum Gasteiger partial charge on any atom is 0.550 e. The summed E-state index contributed by atoms with van der Waals surface area (Å²) >= 11 is 0. The van der Waals surface area contributed by atoms with Crippen LogP contribution in [0, 0.1) is 0 Å². The highest BCUT2D eigenvalue weighted by Gasteiger charge is 2.23. The molecular formula is C17H19O7P2+. The van der Waals surface area contributed by atoms with Crippen molar-refractivity contribution in [2.24, 2.45) is 0 Å². The van der Waals surface area contributed by atoms with E-state index in [9.17, 15) is 23.7 Å². The molecule has 2 atom stereocenters. The number of aliphatic hydroxyl groups is 1. The molecule has 0 saturated carbocycles. The van der Waals surface area contributed by atoms with Crippen molar-refractivity contribution in [2.75, 3.05) is 7.11 Å². The SMILES string of the molecule is COc1cc(OCc2cccc(CCC(O)P(=O)=O)c2)ccc1[P+](=O)O. The van der Waals surface area contributed by atoms with Gasteiger partial charge in [-0.15, -0.1) is 0 Å². The first-order valence-corrected chi connectivity index (χ1v) is 10.2. The molecule has 0 saturated heterocycles. The van der Waals surface area contributed by atoms with Gasteiger partial charge in [0, 0.05) is 12.1 Å². The first-order valence-electron chi connectivity index (χ1n) is 7.77. The zero-order chi connectivity index (χ0) is 19.1. The number of aryl methyl sites for hydroxylation is 1. The summed E-state index contributed by atoms with van der Waals surface area (Å²) in [7, 11) is -3.92. The summed E-state index contributed by atoms with van der Waals surface area (Å²) in [6, 6.07) is 12.0. The van der Waals surface area contributed by atoms with Gasteiger partial charge >= 0.3 is 15.7 Å². The molecule has 26 heavy (non-hydrogen) atoms. The Labute approximate surface area is 152 Å². The summed E-state index contributed by atoms with van der Waals surface area (Å²) in [6.45, 7) is 0.264. The van der Waals surface area contributed by atoms with Crippen LogP contribution >= 0.6 is 15.7 Å². The molecule has 7 nitrogen and oxygen atoms in total.